The predicted octanol–water partition coefficient (Wildman–Crippen LogP) is 12.3. The number of aliphatic hydroxyl groups excluding tert-OH is 5. The van der Waals surface area contributed by atoms with Crippen LogP contribution in [0.2, 0.25) is 0 Å². The highest BCUT2D eigenvalue weighted by Gasteiger charge is 2.51. The quantitative estimate of drug-likeness (QED) is 0.0147. The summed E-state index contributed by atoms with van der Waals surface area (Å²) < 4.78 is 34.3. The van der Waals surface area contributed by atoms with Crippen molar-refractivity contribution in [2.45, 2.75) is 249 Å². The Kier molecular flexibility index (Phi) is 41.9. The lowest BCUT2D eigenvalue weighted by Crippen LogP contribution is -2.64. The lowest BCUT2D eigenvalue weighted by molar-refractivity contribution is -0.220. The van der Waals surface area contributed by atoms with E-state index in [0.717, 1.165) is 103 Å². The average molecular weight is 981 g/mol. The molecule has 1 fully saturated rings. The molecule has 394 valence electrons. The number of aliphatic hydroxyl groups is 5. The Morgan fingerprint density at radius 3 is 1.32 bits per heavy atom. The highest BCUT2D eigenvalue weighted by Crippen LogP contribution is 2.47. The van der Waals surface area contributed by atoms with Crippen LogP contribution in [0.3, 0.4) is 0 Å². The van der Waals surface area contributed by atoms with Crippen LogP contribution < -0.4 is 0 Å². The second kappa shape index (κ2) is 44.7. The van der Waals surface area contributed by atoms with Crippen LogP contribution in [0.1, 0.15) is 206 Å². The molecule has 12 nitrogen and oxygen atoms in total. The van der Waals surface area contributed by atoms with E-state index in [4.69, 9.17) is 18.5 Å². The molecule has 0 bridgehead atoms. The standard InChI is InChI=1S/C55H97O12P/c1-3-5-7-9-11-13-15-17-19-21-23-24-25-27-29-31-33-35-37-39-41-43-45-64-46-48(47-65-68(62,63)67-55-53(60)51(58)50(57)52(59)54(55)61)66-49(56)44-42-40-38-36-34-32-30-28-26-22-20-18-16-14-12-10-8-6-4-2/h6,8,12,14-15,17-18,20-21,23,26,28,48,50-55,57-61H,3-5,7,9-11,13,16,19,22,24-25,27,29-47H2,1-2H3,(H,62,63)/b8-6-,14-12-,17-15-,20-18-,23-21-,28-26-. The van der Waals surface area contributed by atoms with E-state index >= 15 is 0 Å². The van der Waals surface area contributed by atoms with Crippen LogP contribution in [0, 0.1) is 0 Å². The van der Waals surface area contributed by atoms with Crippen LogP contribution in [0.4, 0.5) is 0 Å². The number of phosphoric ester groups is 1. The molecule has 0 radical (unpaired) electrons. The zero-order chi connectivity index (χ0) is 49.8. The molecular weight excluding hydrogens is 884 g/mol. The smallest absolute Gasteiger partial charge is 0.457 e. The number of phosphoric acid groups is 1. The molecule has 1 rings (SSSR count). The summed E-state index contributed by atoms with van der Waals surface area (Å²) in [6, 6.07) is 0. The van der Waals surface area contributed by atoms with Gasteiger partial charge in [0.05, 0.1) is 13.2 Å². The first-order chi connectivity index (χ1) is 33.0. The normalized spacial score (nSPS) is 21.7. The number of esters is 1. The number of allylic oxidation sites excluding steroid dienone is 12. The summed E-state index contributed by atoms with van der Waals surface area (Å²) >= 11 is 0. The zero-order valence-electron chi connectivity index (χ0n) is 42.4. The first kappa shape index (κ1) is 63.8. The summed E-state index contributed by atoms with van der Waals surface area (Å²) in [6.07, 6.45) is 46.8. The van der Waals surface area contributed by atoms with Gasteiger partial charge in [0.2, 0.25) is 0 Å². The van der Waals surface area contributed by atoms with Crippen LogP contribution >= 0.6 is 7.82 Å². The number of rotatable bonds is 45. The first-order valence-electron chi connectivity index (χ1n) is 26.8. The van der Waals surface area contributed by atoms with Gasteiger partial charge in [-0.2, -0.15) is 0 Å². The molecule has 0 saturated heterocycles. The Balaban J connectivity index is 2.34. The summed E-state index contributed by atoms with van der Waals surface area (Å²) in [6.45, 7) is 4.13. The molecule has 0 heterocycles. The van der Waals surface area contributed by atoms with Gasteiger partial charge in [0, 0.05) is 13.0 Å². The number of hydrogen-bond acceptors (Lipinski definition) is 11. The van der Waals surface area contributed by atoms with Gasteiger partial charge < -0.3 is 39.9 Å². The average Bonchev–Trinajstić information content (AvgIpc) is 3.32. The predicted molar refractivity (Wildman–Crippen MR) is 276 cm³/mol. The van der Waals surface area contributed by atoms with Gasteiger partial charge in [-0.15, -0.1) is 0 Å². The molecule has 0 aromatic rings. The van der Waals surface area contributed by atoms with Crippen LogP contribution in [0.5, 0.6) is 0 Å². The third-order valence-corrected chi connectivity index (χ3v) is 13.0. The van der Waals surface area contributed by atoms with Gasteiger partial charge in [-0.25, -0.2) is 4.57 Å². The summed E-state index contributed by atoms with van der Waals surface area (Å²) in [4.78, 5) is 23.3. The van der Waals surface area contributed by atoms with Crippen molar-refractivity contribution >= 4 is 13.8 Å². The fraction of sp³-hybridized carbons (Fsp3) is 0.764. The highest BCUT2D eigenvalue weighted by atomic mass is 31.2. The molecular formula is C55H97O12P. The molecule has 0 aromatic carbocycles. The van der Waals surface area contributed by atoms with Crippen LogP contribution in [-0.2, 0) is 27.9 Å². The highest BCUT2D eigenvalue weighted by molar-refractivity contribution is 7.47. The minimum atomic E-state index is -5.03. The van der Waals surface area contributed by atoms with Crippen molar-refractivity contribution < 1.29 is 58.3 Å². The molecule has 1 aliphatic carbocycles. The topological polar surface area (TPSA) is 192 Å². The van der Waals surface area contributed by atoms with E-state index in [1.54, 1.807) is 0 Å². The summed E-state index contributed by atoms with van der Waals surface area (Å²) in [5.74, 6) is -0.493. The molecule has 1 aliphatic rings. The maximum Gasteiger partial charge on any atom is 0.472 e. The van der Waals surface area contributed by atoms with Crippen molar-refractivity contribution in [3.05, 3.63) is 72.9 Å². The van der Waals surface area contributed by atoms with Gasteiger partial charge in [-0.1, -0.05) is 189 Å². The molecule has 6 N–H and O–H groups in total. The molecule has 1 saturated carbocycles. The van der Waals surface area contributed by atoms with Crippen molar-refractivity contribution in [1.82, 2.24) is 0 Å². The van der Waals surface area contributed by atoms with E-state index in [9.17, 15) is 39.8 Å². The Hall–Kier alpha value is -2.22. The number of unbranched alkanes of at least 4 members (excludes halogenated alkanes) is 21. The third-order valence-electron chi connectivity index (χ3n) is 12.1. The number of ether oxygens (including phenoxy) is 2. The van der Waals surface area contributed by atoms with Gasteiger partial charge >= 0.3 is 13.8 Å². The zero-order valence-corrected chi connectivity index (χ0v) is 43.3. The number of carbonyl (C=O) groups is 1. The van der Waals surface area contributed by atoms with E-state index in [-0.39, 0.29) is 13.0 Å². The second-order valence-corrected chi connectivity index (χ2v) is 19.7. The number of carbonyl (C=O) groups excluding carboxylic acids is 1. The van der Waals surface area contributed by atoms with Crippen molar-refractivity contribution in [3.63, 3.8) is 0 Å². The molecule has 0 amide bonds. The van der Waals surface area contributed by atoms with E-state index in [0.29, 0.717) is 13.0 Å². The van der Waals surface area contributed by atoms with Crippen molar-refractivity contribution in [3.8, 4) is 0 Å². The van der Waals surface area contributed by atoms with Crippen LogP contribution in [0.15, 0.2) is 72.9 Å². The van der Waals surface area contributed by atoms with Crippen molar-refractivity contribution in [2.24, 2.45) is 0 Å². The molecule has 6 atom stereocenters. The van der Waals surface area contributed by atoms with Crippen LogP contribution in [-0.4, -0.2) is 98.9 Å². The van der Waals surface area contributed by atoms with Gasteiger partial charge in [0.25, 0.3) is 0 Å². The monoisotopic (exact) mass is 981 g/mol. The fourth-order valence-electron chi connectivity index (χ4n) is 7.85. The Morgan fingerprint density at radius 1 is 0.485 bits per heavy atom. The lowest BCUT2D eigenvalue weighted by atomic mass is 9.85. The lowest BCUT2D eigenvalue weighted by Gasteiger charge is -2.41. The largest absolute Gasteiger partial charge is 0.472 e. The fourth-order valence-corrected chi connectivity index (χ4v) is 8.82. The van der Waals surface area contributed by atoms with Crippen molar-refractivity contribution in [1.29, 1.82) is 0 Å². The molecule has 13 heteroatoms. The molecule has 0 aliphatic heterocycles. The van der Waals surface area contributed by atoms with Gasteiger partial charge in [-0.3, -0.25) is 13.8 Å². The SMILES string of the molecule is CC/C=C\C/C=C\C/C=C\C/C=C\CCCCCCCCC(=O)OC(COCCCCCCCCCCCC/C=C\C/C=C\CCCCCCC)COP(=O)(O)OC1C(O)C(O)C(O)C(O)C1O. The molecule has 0 spiro atoms. The maximum absolute atomic E-state index is 12.9. The Labute approximate surface area is 412 Å². The Morgan fingerprint density at radius 2 is 0.868 bits per heavy atom. The number of hydrogen-bond donors (Lipinski definition) is 6. The molecule has 6 unspecified atom stereocenters. The third kappa shape index (κ3) is 35.8. The molecule has 68 heavy (non-hydrogen) atoms. The van der Waals surface area contributed by atoms with Crippen molar-refractivity contribution in [2.75, 3.05) is 19.8 Å². The first-order valence-corrected chi connectivity index (χ1v) is 28.3. The minimum Gasteiger partial charge on any atom is -0.457 e. The summed E-state index contributed by atoms with van der Waals surface area (Å²) in [5, 5.41) is 50.4. The summed E-state index contributed by atoms with van der Waals surface area (Å²) in [5.41, 5.74) is 0. The summed E-state index contributed by atoms with van der Waals surface area (Å²) in [7, 11) is -5.03. The minimum absolute atomic E-state index is 0.0879. The van der Waals surface area contributed by atoms with E-state index in [2.05, 4.69) is 86.8 Å². The van der Waals surface area contributed by atoms with E-state index in [1.165, 1.54) is 77.0 Å². The van der Waals surface area contributed by atoms with E-state index in [1.807, 2.05) is 0 Å². The van der Waals surface area contributed by atoms with Crippen LogP contribution in [0.25, 0.3) is 0 Å². The maximum atomic E-state index is 12.9. The van der Waals surface area contributed by atoms with Gasteiger partial charge in [0.1, 0.15) is 42.7 Å². The molecule has 0 aromatic heterocycles. The second-order valence-electron chi connectivity index (χ2n) is 18.3. The van der Waals surface area contributed by atoms with E-state index < -0.39 is 63.1 Å². The Bertz CT molecular complexity index is 1400. The van der Waals surface area contributed by atoms with Gasteiger partial charge in [-0.05, 0) is 83.5 Å². The van der Waals surface area contributed by atoms with Gasteiger partial charge in [0.15, 0.2) is 0 Å².